The Labute approximate surface area is 183 Å². The van der Waals surface area contributed by atoms with Gasteiger partial charge in [0.2, 0.25) is 23.6 Å². The van der Waals surface area contributed by atoms with Crippen LogP contribution in [-0.2, 0) is 24.0 Å². The second-order valence-corrected chi connectivity index (χ2v) is 8.77. The van der Waals surface area contributed by atoms with Crippen LogP contribution in [0.3, 0.4) is 0 Å². The molecule has 0 saturated carbocycles. The van der Waals surface area contributed by atoms with Gasteiger partial charge in [-0.1, -0.05) is 41.5 Å². The zero-order valence-electron chi connectivity index (χ0n) is 19.1. The summed E-state index contributed by atoms with van der Waals surface area (Å²) < 4.78 is 0. The van der Waals surface area contributed by atoms with Crippen LogP contribution in [0.15, 0.2) is 0 Å². The predicted molar refractivity (Wildman–Crippen MR) is 114 cm³/mol. The highest BCUT2D eigenvalue weighted by atomic mass is 16.4. The predicted octanol–water partition coefficient (Wildman–Crippen LogP) is -0.914. The maximum Gasteiger partial charge on any atom is 0.326 e. The summed E-state index contributed by atoms with van der Waals surface area (Å²) in [6.07, 6.45) is -0.109. The van der Waals surface area contributed by atoms with Gasteiger partial charge in [-0.3, -0.25) is 19.2 Å². The van der Waals surface area contributed by atoms with E-state index in [2.05, 4.69) is 16.0 Å². The molecule has 0 radical (unpaired) electrons. The molecule has 0 saturated heterocycles. The van der Waals surface area contributed by atoms with E-state index >= 15 is 0 Å². The van der Waals surface area contributed by atoms with E-state index in [1.54, 1.807) is 27.7 Å². The average molecular weight is 444 g/mol. The van der Waals surface area contributed by atoms with Gasteiger partial charge in [0.05, 0.1) is 12.5 Å². The van der Waals surface area contributed by atoms with Gasteiger partial charge in [0.25, 0.3) is 0 Å². The lowest BCUT2D eigenvalue weighted by molar-refractivity contribution is -0.144. The molecule has 0 bridgehead atoms. The number of hydrogen-bond acceptors (Lipinski definition) is 6. The third kappa shape index (κ3) is 10.3. The number of nitrogens with two attached hydrogens (primary N) is 2. The van der Waals surface area contributed by atoms with Gasteiger partial charge in [0, 0.05) is 0 Å². The molecule has 178 valence electrons. The van der Waals surface area contributed by atoms with Crippen molar-refractivity contribution in [2.45, 2.75) is 78.6 Å². The van der Waals surface area contributed by atoms with Crippen molar-refractivity contribution in [2.24, 2.45) is 29.2 Å². The first-order chi connectivity index (χ1) is 14.2. The number of aliphatic carboxylic acids is 1. The Morgan fingerprint density at radius 3 is 1.65 bits per heavy atom. The summed E-state index contributed by atoms with van der Waals surface area (Å²) in [5.41, 5.74) is 10.7. The summed E-state index contributed by atoms with van der Waals surface area (Å²) in [5, 5.41) is 16.9. The Kier molecular flexibility index (Phi) is 11.8. The number of primary amides is 1. The molecule has 0 spiro atoms. The van der Waals surface area contributed by atoms with Crippen LogP contribution in [0.2, 0.25) is 0 Å². The highest BCUT2D eigenvalue weighted by Crippen LogP contribution is 2.10. The molecule has 0 fully saturated rings. The van der Waals surface area contributed by atoms with Crippen LogP contribution in [0.25, 0.3) is 0 Å². The summed E-state index contributed by atoms with van der Waals surface area (Å²) >= 11 is 0. The number of carboxylic acid groups (broad SMARTS) is 1. The molecule has 0 aliphatic heterocycles. The van der Waals surface area contributed by atoms with Crippen molar-refractivity contribution in [1.29, 1.82) is 0 Å². The smallest absolute Gasteiger partial charge is 0.326 e. The van der Waals surface area contributed by atoms with Gasteiger partial charge >= 0.3 is 5.97 Å². The molecule has 0 heterocycles. The fraction of sp³-hybridized carbons (Fsp3) is 0.750. The van der Waals surface area contributed by atoms with Gasteiger partial charge in [-0.15, -0.1) is 0 Å². The largest absolute Gasteiger partial charge is 0.480 e. The van der Waals surface area contributed by atoms with E-state index in [0.29, 0.717) is 0 Å². The van der Waals surface area contributed by atoms with Gasteiger partial charge in [0.1, 0.15) is 18.1 Å². The maximum atomic E-state index is 12.9. The Bertz CT molecular complexity index is 664. The van der Waals surface area contributed by atoms with Crippen molar-refractivity contribution in [3.8, 4) is 0 Å². The van der Waals surface area contributed by atoms with Crippen molar-refractivity contribution in [1.82, 2.24) is 16.0 Å². The fourth-order valence-corrected chi connectivity index (χ4v) is 2.84. The summed E-state index contributed by atoms with van der Waals surface area (Å²) in [4.78, 5) is 60.2. The van der Waals surface area contributed by atoms with Crippen molar-refractivity contribution in [3.05, 3.63) is 0 Å². The first kappa shape index (κ1) is 28.3. The van der Waals surface area contributed by atoms with Crippen LogP contribution in [0.1, 0.15) is 54.4 Å². The molecule has 0 aromatic heterocycles. The first-order valence-electron chi connectivity index (χ1n) is 10.3. The van der Waals surface area contributed by atoms with E-state index in [9.17, 15) is 29.1 Å². The van der Waals surface area contributed by atoms with E-state index in [1.807, 2.05) is 13.8 Å². The number of rotatable bonds is 13. The molecule has 11 nitrogen and oxygen atoms in total. The molecule has 0 rings (SSSR count). The third-order valence-corrected chi connectivity index (χ3v) is 4.58. The summed E-state index contributed by atoms with van der Waals surface area (Å²) in [7, 11) is 0. The van der Waals surface area contributed by atoms with E-state index in [1.165, 1.54) is 0 Å². The molecule has 0 aromatic carbocycles. The summed E-state index contributed by atoms with van der Waals surface area (Å²) in [6, 6.07) is -4.32. The van der Waals surface area contributed by atoms with Crippen molar-refractivity contribution in [3.63, 3.8) is 0 Å². The number of carboxylic acids is 1. The molecule has 0 aromatic rings. The van der Waals surface area contributed by atoms with E-state index in [0.717, 1.165) is 0 Å². The van der Waals surface area contributed by atoms with E-state index < -0.39 is 53.8 Å². The quantitative estimate of drug-likeness (QED) is 0.212. The standard InChI is InChI=1S/C20H37N5O6/c1-9(2)7-13(23-17(27)12(21)8-14(22)26)18(28)24-15(10(3)4)19(29)25-16(11(5)6)20(30)31/h9-13,15-16H,7-8,21H2,1-6H3,(H2,22,26)(H,23,27)(H,24,28)(H,25,29)(H,30,31). The van der Waals surface area contributed by atoms with Crippen LogP contribution in [0.4, 0.5) is 0 Å². The van der Waals surface area contributed by atoms with Gasteiger partial charge in [0.15, 0.2) is 0 Å². The highest BCUT2D eigenvalue weighted by Gasteiger charge is 2.33. The van der Waals surface area contributed by atoms with E-state index in [4.69, 9.17) is 11.5 Å². The SMILES string of the molecule is CC(C)CC(NC(=O)C(N)CC(N)=O)C(=O)NC(C(=O)NC(C(=O)O)C(C)C)C(C)C. The minimum absolute atomic E-state index is 0.0204. The zero-order chi connectivity index (χ0) is 24.5. The minimum Gasteiger partial charge on any atom is -0.480 e. The molecular formula is C20H37N5O6. The molecule has 4 amide bonds. The lowest BCUT2D eigenvalue weighted by atomic mass is 9.98. The Morgan fingerprint density at radius 1 is 0.774 bits per heavy atom. The number of amides is 4. The second kappa shape index (κ2) is 12.9. The molecule has 31 heavy (non-hydrogen) atoms. The molecule has 4 atom stereocenters. The zero-order valence-corrected chi connectivity index (χ0v) is 19.1. The van der Waals surface area contributed by atoms with Crippen LogP contribution in [0, 0.1) is 17.8 Å². The first-order valence-corrected chi connectivity index (χ1v) is 10.3. The number of hydrogen-bond donors (Lipinski definition) is 6. The summed E-state index contributed by atoms with van der Waals surface area (Å²) in [6.45, 7) is 10.4. The molecule has 0 aliphatic carbocycles. The third-order valence-electron chi connectivity index (χ3n) is 4.58. The number of nitrogens with one attached hydrogen (secondary N) is 3. The normalized spacial score (nSPS) is 15.2. The van der Waals surface area contributed by atoms with Crippen LogP contribution in [0.5, 0.6) is 0 Å². The van der Waals surface area contributed by atoms with Gasteiger partial charge < -0.3 is 32.5 Å². The Morgan fingerprint density at radius 2 is 1.26 bits per heavy atom. The maximum absolute atomic E-state index is 12.9. The number of carbonyl (C=O) groups is 5. The van der Waals surface area contributed by atoms with Crippen molar-refractivity contribution in [2.75, 3.05) is 0 Å². The average Bonchev–Trinajstić information content (AvgIpc) is 2.61. The lowest BCUT2D eigenvalue weighted by Crippen LogP contribution is -2.59. The van der Waals surface area contributed by atoms with Crippen molar-refractivity contribution >= 4 is 29.6 Å². The lowest BCUT2D eigenvalue weighted by Gasteiger charge is -2.28. The van der Waals surface area contributed by atoms with Gasteiger partial charge in [-0.2, -0.15) is 0 Å². The number of carbonyl (C=O) groups excluding carboxylic acids is 4. The Hall–Kier alpha value is -2.69. The molecule has 0 aliphatic rings. The fourth-order valence-electron chi connectivity index (χ4n) is 2.84. The van der Waals surface area contributed by atoms with Gasteiger partial charge in [-0.25, -0.2) is 4.79 Å². The van der Waals surface area contributed by atoms with Crippen LogP contribution < -0.4 is 27.4 Å². The van der Waals surface area contributed by atoms with Crippen LogP contribution in [-0.4, -0.2) is 58.9 Å². The van der Waals surface area contributed by atoms with Gasteiger partial charge in [-0.05, 0) is 24.2 Å². The van der Waals surface area contributed by atoms with E-state index in [-0.39, 0.29) is 30.6 Å². The Balaban J connectivity index is 5.43. The molecule has 4 unspecified atom stereocenters. The topological polar surface area (TPSA) is 194 Å². The monoisotopic (exact) mass is 443 g/mol. The second-order valence-electron chi connectivity index (χ2n) is 8.77. The highest BCUT2D eigenvalue weighted by molar-refractivity contribution is 5.95. The molecular weight excluding hydrogens is 406 g/mol. The van der Waals surface area contributed by atoms with Crippen LogP contribution >= 0.6 is 0 Å². The molecule has 8 N–H and O–H groups in total. The molecule has 11 heteroatoms. The minimum atomic E-state index is -1.20. The summed E-state index contributed by atoms with van der Waals surface area (Å²) in [5.74, 6) is -4.57. The van der Waals surface area contributed by atoms with Crippen molar-refractivity contribution < 1.29 is 29.1 Å².